The zero-order valence-electron chi connectivity index (χ0n) is 16.7. The van der Waals surface area contributed by atoms with E-state index < -0.39 is 0 Å². The number of nitrogens with one attached hydrogen (secondary N) is 2. The molecule has 29 heavy (non-hydrogen) atoms. The number of thioether (sulfide) groups is 1. The van der Waals surface area contributed by atoms with E-state index in [2.05, 4.69) is 34.2 Å². The van der Waals surface area contributed by atoms with Crippen molar-refractivity contribution in [3.05, 3.63) is 38.9 Å². The number of aromatic nitrogens is 4. The van der Waals surface area contributed by atoms with Crippen LogP contribution >= 0.6 is 23.1 Å². The first-order chi connectivity index (χ1) is 14.1. The molecular formula is C20H25N5O2S2. The number of hydrogen-bond donors (Lipinski definition) is 2. The molecule has 0 fully saturated rings. The van der Waals surface area contributed by atoms with E-state index >= 15 is 0 Å². The summed E-state index contributed by atoms with van der Waals surface area (Å²) in [7, 11) is 0. The van der Waals surface area contributed by atoms with Gasteiger partial charge in [-0.05, 0) is 44.6 Å². The highest BCUT2D eigenvalue weighted by Crippen LogP contribution is 2.33. The van der Waals surface area contributed by atoms with Crippen LogP contribution in [0.1, 0.15) is 55.4 Å². The van der Waals surface area contributed by atoms with Crippen molar-refractivity contribution in [3.8, 4) is 0 Å². The highest BCUT2D eigenvalue weighted by Gasteiger charge is 2.20. The number of anilines is 1. The van der Waals surface area contributed by atoms with E-state index in [0.717, 1.165) is 35.9 Å². The van der Waals surface area contributed by atoms with Gasteiger partial charge in [0.25, 0.3) is 5.56 Å². The molecule has 1 unspecified atom stereocenters. The van der Waals surface area contributed by atoms with Crippen molar-refractivity contribution in [2.75, 3.05) is 11.1 Å². The van der Waals surface area contributed by atoms with Crippen molar-refractivity contribution < 1.29 is 4.79 Å². The molecule has 0 radical (unpaired) electrons. The highest BCUT2D eigenvalue weighted by atomic mass is 32.2. The van der Waals surface area contributed by atoms with Gasteiger partial charge in [-0.3, -0.25) is 9.59 Å². The number of carbonyl (C=O) groups excluding carboxylic acids is 1. The number of H-pyrrole nitrogens is 1. The van der Waals surface area contributed by atoms with Crippen LogP contribution in [0.4, 0.5) is 5.82 Å². The number of thiophene rings is 1. The van der Waals surface area contributed by atoms with Gasteiger partial charge in [0.15, 0.2) is 0 Å². The normalized spacial score (nSPS) is 14.7. The number of hydrogen-bond acceptors (Lipinski definition) is 6. The molecule has 1 atom stereocenters. The SMILES string of the molecule is CCC(C)n1nccc1NC(=O)CSCc1nc2sc3c(c2c(=O)[nH]1)CCCC3. The largest absolute Gasteiger partial charge is 0.310 e. The molecule has 1 aliphatic carbocycles. The summed E-state index contributed by atoms with van der Waals surface area (Å²) in [4.78, 5) is 34.6. The smallest absolute Gasteiger partial charge is 0.259 e. The number of aromatic amines is 1. The Balaban J connectivity index is 1.38. The molecule has 9 heteroatoms. The molecule has 0 saturated heterocycles. The van der Waals surface area contributed by atoms with Gasteiger partial charge in [-0.25, -0.2) is 9.67 Å². The zero-order chi connectivity index (χ0) is 20.4. The number of aryl methyl sites for hydroxylation is 2. The monoisotopic (exact) mass is 431 g/mol. The molecule has 0 bridgehead atoms. The maximum atomic E-state index is 12.6. The van der Waals surface area contributed by atoms with E-state index in [4.69, 9.17) is 0 Å². The van der Waals surface area contributed by atoms with E-state index in [-0.39, 0.29) is 23.3 Å². The molecule has 154 valence electrons. The van der Waals surface area contributed by atoms with Crippen LogP contribution < -0.4 is 10.9 Å². The Morgan fingerprint density at radius 1 is 1.41 bits per heavy atom. The van der Waals surface area contributed by atoms with Crippen LogP contribution in [0.2, 0.25) is 0 Å². The summed E-state index contributed by atoms with van der Waals surface area (Å²) < 4.78 is 1.83. The summed E-state index contributed by atoms with van der Waals surface area (Å²) in [5, 5.41) is 7.97. The molecule has 3 heterocycles. The van der Waals surface area contributed by atoms with Gasteiger partial charge in [-0.2, -0.15) is 5.10 Å². The predicted octanol–water partition coefficient (Wildman–Crippen LogP) is 3.90. The number of rotatable bonds is 7. The lowest BCUT2D eigenvalue weighted by Gasteiger charge is -2.14. The second-order valence-corrected chi connectivity index (χ2v) is 9.43. The van der Waals surface area contributed by atoms with Crippen LogP contribution in [0, 0.1) is 0 Å². The fourth-order valence-electron chi connectivity index (χ4n) is 3.63. The topological polar surface area (TPSA) is 92.7 Å². The molecule has 4 rings (SSSR count). The lowest BCUT2D eigenvalue weighted by molar-refractivity contribution is -0.113. The lowest BCUT2D eigenvalue weighted by atomic mass is 9.97. The molecule has 0 aliphatic heterocycles. The molecule has 0 saturated carbocycles. The Morgan fingerprint density at radius 3 is 3.07 bits per heavy atom. The minimum atomic E-state index is -0.0879. The van der Waals surface area contributed by atoms with Crippen LogP contribution in [-0.4, -0.2) is 31.4 Å². The molecule has 1 aliphatic rings. The summed E-state index contributed by atoms with van der Waals surface area (Å²) in [5.41, 5.74) is 1.15. The molecule has 0 spiro atoms. The van der Waals surface area contributed by atoms with Crippen LogP contribution in [0.25, 0.3) is 10.2 Å². The summed E-state index contributed by atoms with van der Waals surface area (Å²) in [5.74, 6) is 2.03. The minimum Gasteiger partial charge on any atom is -0.310 e. The summed E-state index contributed by atoms with van der Waals surface area (Å²) in [6, 6.07) is 2.03. The number of fused-ring (bicyclic) bond motifs is 3. The zero-order valence-corrected chi connectivity index (χ0v) is 18.3. The molecule has 2 N–H and O–H groups in total. The number of amides is 1. The Labute approximate surface area is 177 Å². The maximum Gasteiger partial charge on any atom is 0.259 e. The Bertz CT molecular complexity index is 1080. The highest BCUT2D eigenvalue weighted by molar-refractivity contribution is 7.99. The van der Waals surface area contributed by atoms with Crippen molar-refractivity contribution in [1.82, 2.24) is 19.7 Å². The molecule has 3 aromatic heterocycles. The lowest BCUT2D eigenvalue weighted by Crippen LogP contribution is -2.19. The molecular weight excluding hydrogens is 406 g/mol. The van der Waals surface area contributed by atoms with E-state index in [1.165, 1.54) is 28.6 Å². The fraction of sp³-hybridized carbons (Fsp3) is 0.500. The summed E-state index contributed by atoms with van der Waals surface area (Å²) in [6.07, 6.45) is 6.98. The van der Waals surface area contributed by atoms with E-state index in [0.29, 0.717) is 17.4 Å². The average molecular weight is 432 g/mol. The van der Waals surface area contributed by atoms with Gasteiger partial charge in [0.2, 0.25) is 5.91 Å². The third-order valence-electron chi connectivity index (χ3n) is 5.29. The van der Waals surface area contributed by atoms with Gasteiger partial charge in [-0.15, -0.1) is 23.1 Å². The first-order valence-electron chi connectivity index (χ1n) is 10.0. The fourth-order valence-corrected chi connectivity index (χ4v) is 5.60. The first kappa shape index (κ1) is 20.2. The number of nitrogens with zero attached hydrogens (tertiary/aromatic N) is 3. The van der Waals surface area contributed by atoms with Crippen LogP contribution in [0.15, 0.2) is 17.1 Å². The van der Waals surface area contributed by atoms with Crippen molar-refractivity contribution >= 4 is 45.0 Å². The predicted molar refractivity (Wildman–Crippen MR) is 119 cm³/mol. The quantitative estimate of drug-likeness (QED) is 0.592. The molecule has 7 nitrogen and oxygen atoms in total. The van der Waals surface area contributed by atoms with Crippen LogP contribution in [0.5, 0.6) is 0 Å². The van der Waals surface area contributed by atoms with Crippen molar-refractivity contribution in [1.29, 1.82) is 0 Å². The summed E-state index contributed by atoms with van der Waals surface area (Å²) in [6.45, 7) is 4.15. The maximum absolute atomic E-state index is 12.6. The molecule has 0 aromatic carbocycles. The standard InChI is InChI=1S/C20H25N5O2S2/c1-3-12(2)25-16(8-9-21-25)24-17(26)11-28-10-15-22-19(27)18-13-6-4-5-7-14(13)29-20(18)23-15/h8-9,12H,3-7,10-11H2,1-2H3,(H,24,26)(H,22,23,27). The van der Waals surface area contributed by atoms with Gasteiger partial charge in [0.05, 0.1) is 29.1 Å². The number of carbonyl (C=O) groups is 1. The van der Waals surface area contributed by atoms with Crippen LogP contribution in [-0.2, 0) is 23.4 Å². The summed E-state index contributed by atoms with van der Waals surface area (Å²) >= 11 is 3.09. The molecule has 1 amide bonds. The third kappa shape index (κ3) is 4.25. The van der Waals surface area contributed by atoms with Gasteiger partial charge < -0.3 is 10.3 Å². The van der Waals surface area contributed by atoms with E-state index in [1.807, 2.05) is 4.68 Å². The third-order valence-corrected chi connectivity index (χ3v) is 7.42. The van der Waals surface area contributed by atoms with Crippen molar-refractivity contribution in [2.45, 2.75) is 57.7 Å². The second kappa shape index (κ2) is 8.71. The van der Waals surface area contributed by atoms with Gasteiger partial charge in [-0.1, -0.05) is 6.92 Å². The Hall–Kier alpha value is -2.13. The Kier molecular flexibility index (Phi) is 6.05. The van der Waals surface area contributed by atoms with Crippen molar-refractivity contribution in [3.63, 3.8) is 0 Å². The van der Waals surface area contributed by atoms with Crippen molar-refractivity contribution in [2.24, 2.45) is 0 Å². The van der Waals surface area contributed by atoms with Gasteiger partial charge in [0.1, 0.15) is 16.5 Å². The Morgan fingerprint density at radius 2 is 2.24 bits per heavy atom. The van der Waals surface area contributed by atoms with E-state index in [1.54, 1.807) is 23.6 Å². The molecule has 3 aromatic rings. The second-order valence-electron chi connectivity index (χ2n) is 7.36. The van der Waals surface area contributed by atoms with Gasteiger partial charge >= 0.3 is 0 Å². The van der Waals surface area contributed by atoms with Gasteiger partial charge in [0, 0.05) is 10.9 Å². The first-order valence-corrected chi connectivity index (χ1v) is 12.0. The van der Waals surface area contributed by atoms with Crippen LogP contribution in [0.3, 0.4) is 0 Å². The minimum absolute atomic E-state index is 0.0492. The van der Waals surface area contributed by atoms with E-state index in [9.17, 15) is 9.59 Å². The average Bonchev–Trinajstić information content (AvgIpc) is 3.31.